The van der Waals surface area contributed by atoms with Gasteiger partial charge in [0, 0.05) is 25.2 Å². The van der Waals surface area contributed by atoms with E-state index in [4.69, 9.17) is 4.74 Å². The van der Waals surface area contributed by atoms with Crippen LogP contribution in [0, 0.1) is 0 Å². The Hall–Kier alpha value is -2.63. The Labute approximate surface area is 204 Å². The molecule has 0 bridgehead atoms. The maximum absolute atomic E-state index is 12.6. The second-order valence-electron chi connectivity index (χ2n) is 6.42. The van der Waals surface area contributed by atoms with Crippen LogP contribution in [0.2, 0.25) is 0 Å². The molecule has 0 fully saturated rings. The number of para-hydroxylation sites is 1. The van der Waals surface area contributed by atoms with Crippen LogP contribution in [0.5, 0.6) is 11.5 Å². The van der Waals surface area contributed by atoms with Crippen molar-refractivity contribution >= 4 is 35.8 Å². The van der Waals surface area contributed by atoms with Crippen molar-refractivity contribution in [1.29, 1.82) is 0 Å². The van der Waals surface area contributed by atoms with Crippen molar-refractivity contribution in [2.45, 2.75) is 33.5 Å². The first-order chi connectivity index (χ1) is 15.0. The highest BCUT2D eigenvalue weighted by Crippen LogP contribution is 2.20. The molecule has 2 rings (SSSR count). The second kappa shape index (κ2) is 15.2. The number of benzene rings is 2. The fourth-order valence-corrected chi connectivity index (χ4v) is 2.68. The fraction of sp³-hybridized carbons (Fsp3) is 0.364. The lowest BCUT2D eigenvalue weighted by Crippen LogP contribution is -2.36. The number of carbonyl (C=O) groups excluding carboxylic acids is 1. The van der Waals surface area contributed by atoms with Gasteiger partial charge in [0.25, 0.3) is 5.91 Å². The summed E-state index contributed by atoms with van der Waals surface area (Å²) < 4.78 is 35.2. The van der Waals surface area contributed by atoms with E-state index in [0.717, 1.165) is 5.56 Å². The molecule has 2 aromatic carbocycles. The fourth-order valence-electron chi connectivity index (χ4n) is 2.68. The van der Waals surface area contributed by atoms with Gasteiger partial charge in [-0.15, -0.1) is 24.0 Å². The highest BCUT2D eigenvalue weighted by atomic mass is 127. The van der Waals surface area contributed by atoms with Crippen LogP contribution in [-0.4, -0.2) is 38.2 Å². The minimum atomic E-state index is -2.88. The van der Waals surface area contributed by atoms with Crippen LogP contribution in [0.25, 0.3) is 0 Å². The summed E-state index contributed by atoms with van der Waals surface area (Å²) in [6.07, 6.45) is 0. The maximum atomic E-state index is 12.6. The van der Waals surface area contributed by atoms with Crippen LogP contribution in [-0.2, 0) is 17.9 Å². The van der Waals surface area contributed by atoms with E-state index in [1.165, 1.54) is 6.07 Å². The van der Waals surface area contributed by atoms with Gasteiger partial charge in [-0.25, -0.2) is 4.99 Å². The predicted molar refractivity (Wildman–Crippen MR) is 131 cm³/mol. The van der Waals surface area contributed by atoms with Gasteiger partial charge in [0.15, 0.2) is 12.6 Å². The number of hydrogen-bond acceptors (Lipinski definition) is 4. The Morgan fingerprint density at radius 2 is 1.78 bits per heavy atom. The third-order valence-electron chi connectivity index (χ3n) is 4.04. The molecule has 3 N–H and O–H groups in total. The molecule has 0 spiro atoms. The summed E-state index contributed by atoms with van der Waals surface area (Å²) in [6.45, 7) is 2.66. The average molecular weight is 562 g/mol. The minimum Gasteiger partial charge on any atom is -0.484 e. The van der Waals surface area contributed by atoms with Crippen molar-refractivity contribution in [1.82, 2.24) is 16.0 Å². The highest BCUT2D eigenvalue weighted by Gasteiger charge is 2.09. The summed E-state index contributed by atoms with van der Waals surface area (Å²) in [7, 11) is 0. The summed E-state index contributed by atoms with van der Waals surface area (Å²) in [5.74, 6) is 1.05. The molecule has 0 atom stereocenters. The summed E-state index contributed by atoms with van der Waals surface area (Å²) in [4.78, 5) is 16.1. The van der Waals surface area contributed by atoms with E-state index >= 15 is 0 Å². The first-order valence-corrected chi connectivity index (χ1v) is 10.0. The number of carbonyl (C=O) groups is 1. The maximum Gasteiger partial charge on any atom is 0.387 e. The molecule has 10 heteroatoms. The number of likely N-dealkylation sites (N-methyl/N-ethyl adjacent to an activating group) is 1. The first-order valence-electron chi connectivity index (χ1n) is 10.0. The van der Waals surface area contributed by atoms with E-state index in [1.54, 1.807) is 24.3 Å². The third-order valence-corrected chi connectivity index (χ3v) is 4.04. The summed E-state index contributed by atoms with van der Waals surface area (Å²) >= 11 is 0. The van der Waals surface area contributed by atoms with Crippen molar-refractivity contribution < 1.29 is 23.0 Å². The Morgan fingerprint density at radius 1 is 1.03 bits per heavy atom. The standard InChI is InChI=1S/C22H28F2N4O3.HI/c1-3-25-20(29)15-30-18-10-7-8-16(12-18)13-27-22(26-4-2)28-14-17-9-5-6-11-19(17)31-21(23)24;/h5-12,21H,3-4,13-15H2,1-2H3,(H,25,29)(H2,26,27,28);1H. The average Bonchev–Trinajstić information content (AvgIpc) is 2.75. The zero-order valence-corrected chi connectivity index (χ0v) is 20.4. The molecule has 0 saturated carbocycles. The lowest BCUT2D eigenvalue weighted by atomic mass is 10.2. The molecular weight excluding hydrogens is 533 g/mol. The summed E-state index contributed by atoms with van der Waals surface area (Å²) in [5.41, 5.74) is 1.49. The van der Waals surface area contributed by atoms with Gasteiger partial charge in [-0.3, -0.25) is 4.79 Å². The van der Waals surface area contributed by atoms with Crippen LogP contribution in [0.3, 0.4) is 0 Å². The first kappa shape index (κ1) is 27.4. The van der Waals surface area contributed by atoms with Gasteiger partial charge in [0.1, 0.15) is 11.5 Å². The van der Waals surface area contributed by atoms with E-state index in [1.807, 2.05) is 32.0 Å². The molecule has 7 nitrogen and oxygen atoms in total. The normalized spacial score (nSPS) is 10.8. The molecule has 0 aliphatic heterocycles. The number of nitrogens with one attached hydrogen (secondary N) is 3. The zero-order valence-electron chi connectivity index (χ0n) is 18.1. The molecule has 0 saturated heterocycles. The van der Waals surface area contributed by atoms with Gasteiger partial charge in [0.05, 0.1) is 6.54 Å². The van der Waals surface area contributed by atoms with Gasteiger partial charge < -0.3 is 25.4 Å². The van der Waals surface area contributed by atoms with Crippen molar-refractivity contribution in [2.75, 3.05) is 19.7 Å². The molecule has 0 unspecified atom stereocenters. The van der Waals surface area contributed by atoms with Gasteiger partial charge in [0.2, 0.25) is 0 Å². The molecule has 2 aromatic rings. The van der Waals surface area contributed by atoms with Crippen molar-refractivity contribution in [3.63, 3.8) is 0 Å². The van der Waals surface area contributed by atoms with E-state index < -0.39 is 6.61 Å². The van der Waals surface area contributed by atoms with Gasteiger partial charge in [-0.2, -0.15) is 8.78 Å². The van der Waals surface area contributed by atoms with Crippen LogP contribution >= 0.6 is 24.0 Å². The molecule has 32 heavy (non-hydrogen) atoms. The highest BCUT2D eigenvalue weighted by molar-refractivity contribution is 14.0. The SMILES string of the molecule is CCNC(=O)COc1cccc(CN=C(NCC)NCc2ccccc2OC(F)F)c1.I. The van der Waals surface area contributed by atoms with Crippen molar-refractivity contribution in [2.24, 2.45) is 4.99 Å². The van der Waals surface area contributed by atoms with Crippen LogP contribution in [0.1, 0.15) is 25.0 Å². The number of guanidine groups is 1. The number of aliphatic imine (C=N–C) groups is 1. The molecular formula is C22H29F2IN4O3. The number of ether oxygens (including phenoxy) is 2. The molecule has 0 radical (unpaired) electrons. The number of alkyl halides is 2. The van der Waals surface area contributed by atoms with Crippen LogP contribution < -0.4 is 25.4 Å². The lowest BCUT2D eigenvalue weighted by molar-refractivity contribution is -0.122. The Morgan fingerprint density at radius 3 is 2.50 bits per heavy atom. The minimum absolute atomic E-state index is 0. The Bertz CT molecular complexity index is 869. The van der Waals surface area contributed by atoms with Gasteiger partial charge in [-0.05, 0) is 37.6 Å². The van der Waals surface area contributed by atoms with Gasteiger partial charge in [-0.1, -0.05) is 30.3 Å². The van der Waals surface area contributed by atoms with Crippen LogP contribution in [0.4, 0.5) is 8.78 Å². The third kappa shape index (κ3) is 10.1. The molecule has 0 aliphatic rings. The summed E-state index contributed by atoms with van der Waals surface area (Å²) in [5, 5.41) is 8.91. The second-order valence-corrected chi connectivity index (χ2v) is 6.42. The zero-order chi connectivity index (χ0) is 22.5. The van der Waals surface area contributed by atoms with Gasteiger partial charge >= 0.3 is 6.61 Å². The number of halogens is 3. The topological polar surface area (TPSA) is 84.0 Å². The number of amides is 1. The van der Waals surface area contributed by atoms with Crippen LogP contribution in [0.15, 0.2) is 53.5 Å². The number of nitrogens with zero attached hydrogens (tertiary/aromatic N) is 1. The van der Waals surface area contributed by atoms with E-state index in [2.05, 4.69) is 25.7 Å². The lowest BCUT2D eigenvalue weighted by Gasteiger charge is -2.14. The molecule has 0 heterocycles. The van der Waals surface area contributed by atoms with Crippen molar-refractivity contribution in [3.8, 4) is 11.5 Å². The molecule has 0 aliphatic carbocycles. The van der Waals surface area contributed by atoms with E-state index in [9.17, 15) is 13.6 Å². The largest absolute Gasteiger partial charge is 0.484 e. The number of rotatable bonds is 11. The predicted octanol–water partition coefficient (Wildman–Crippen LogP) is 3.68. The monoisotopic (exact) mass is 562 g/mol. The molecule has 176 valence electrons. The molecule has 1 amide bonds. The Kier molecular flexibility index (Phi) is 13.0. The molecule has 0 aromatic heterocycles. The van der Waals surface area contributed by atoms with E-state index in [0.29, 0.717) is 36.9 Å². The Balaban J connectivity index is 0.00000512. The van der Waals surface area contributed by atoms with Crippen molar-refractivity contribution in [3.05, 3.63) is 59.7 Å². The quantitative estimate of drug-likeness (QED) is 0.221. The number of hydrogen-bond donors (Lipinski definition) is 3. The van der Waals surface area contributed by atoms with E-state index in [-0.39, 0.29) is 48.8 Å². The smallest absolute Gasteiger partial charge is 0.387 e. The summed E-state index contributed by atoms with van der Waals surface area (Å²) in [6, 6.07) is 13.9.